The first-order chi connectivity index (χ1) is 19.8. The SMILES string of the molecule is C=CCC(CN(CC1CCC1CCCC(C)CO)c1cc(C(=C)CC)ccc1C)c1ccc(Cl)cc1CCC.CC. The van der Waals surface area contributed by atoms with Gasteiger partial charge in [0.15, 0.2) is 0 Å². The van der Waals surface area contributed by atoms with E-state index in [1.807, 2.05) is 13.8 Å². The van der Waals surface area contributed by atoms with Crippen molar-refractivity contribution in [3.05, 3.63) is 82.9 Å². The average molecular weight is 580 g/mol. The van der Waals surface area contributed by atoms with Crippen LogP contribution in [-0.4, -0.2) is 24.8 Å². The monoisotopic (exact) mass is 579 g/mol. The van der Waals surface area contributed by atoms with Crippen LogP contribution in [0.25, 0.3) is 5.57 Å². The van der Waals surface area contributed by atoms with E-state index in [2.05, 4.69) is 88.2 Å². The van der Waals surface area contributed by atoms with E-state index in [1.54, 1.807) is 0 Å². The van der Waals surface area contributed by atoms with E-state index < -0.39 is 0 Å². The molecule has 0 aromatic heterocycles. The van der Waals surface area contributed by atoms with Crippen molar-refractivity contribution in [1.82, 2.24) is 0 Å². The van der Waals surface area contributed by atoms with Crippen LogP contribution < -0.4 is 4.90 Å². The lowest BCUT2D eigenvalue weighted by molar-refractivity contribution is 0.157. The van der Waals surface area contributed by atoms with E-state index >= 15 is 0 Å². The zero-order valence-electron chi connectivity index (χ0n) is 27.0. The van der Waals surface area contributed by atoms with Crippen LogP contribution in [0.5, 0.6) is 0 Å². The topological polar surface area (TPSA) is 23.5 Å². The third-order valence-electron chi connectivity index (χ3n) is 8.95. The predicted octanol–water partition coefficient (Wildman–Crippen LogP) is 11.0. The molecule has 2 nitrogen and oxygen atoms in total. The van der Waals surface area contributed by atoms with E-state index in [0.717, 1.165) is 62.1 Å². The molecule has 0 saturated heterocycles. The molecule has 1 aliphatic rings. The van der Waals surface area contributed by atoms with Crippen molar-refractivity contribution in [3.63, 3.8) is 0 Å². The summed E-state index contributed by atoms with van der Waals surface area (Å²) in [4.78, 5) is 2.69. The molecule has 1 N–H and O–H groups in total. The smallest absolute Gasteiger partial charge is 0.0456 e. The molecule has 1 fully saturated rings. The second kappa shape index (κ2) is 18.5. The van der Waals surface area contributed by atoms with Gasteiger partial charge in [-0.05, 0) is 109 Å². The molecule has 4 atom stereocenters. The largest absolute Gasteiger partial charge is 0.396 e. The lowest BCUT2D eigenvalue weighted by Gasteiger charge is -2.42. The molecule has 0 bridgehead atoms. The number of halogens is 1. The fraction of sp³-hybridized carbons (Fsp3) is 0.579. The average Bonchev–Trinajstić information content (AvgIpc) is 2.97. The molecular formula is C38H58ClNO. The zero-order chi connectivity index (χ0) is 30.4. The molecule has 0 spiro atoms. The molecule has 0 aliphatic heterocycles. The molecule has 3 heteroatoms. The number of nitrogens with zero attached hydrogens (tertiary/aromatic N) is 1. The van der Waals surface area contributed by atoms with Gasteiger partial charge in [-0.25, -0.2) is 0 Å². The maximum atomic E-state index is 9.44. The predicted molar refractivity (Wildman–Crippen MR) is 183 cm³/mol. The molecule has 41 heavy (non-hydrogen) atoms. The van der Waals surface area contributed by atoms with Gasteiger partial charge in [0, 0.05) is 36.3 Å². The Labute approximate surface area is 257 Å². The van der Waals surface area contributed by atoms with Crippen molar-refractivity contribution in [3.8, 4) is 0 Å². The van der Waals surface area contributed by atoms with Crippen LogP contribution in [0.3, 0.4) is 0 Å². The minimum atomic E-state index is 0.302. The normalized spacial score (nSPS) is 17.6. The van der Waals surface area contributed by atoms with Gasteiger partial charge < -0.3 is 10.0 Å². The molecule has 1 saturated carbocycles. The maximum absolute atomic E-state index is 9.44. The highest BCUT2D eigenvalue weighted by molar-refractivity contribution is 6.30. The fourth-order valence-electron chi connectivity index (χ4n) is 6.23. The van der Waals surface area contributed by atoms with Crippen LogP contribution >= 0.6 is 11.6 Å². The molecule has 0 radical (unpaired) electrons. The van der Waals surface area contributed by atoms with Crippen LogP contribution in [-0.2, 0) is 6.42 Å². The molecular weight excluding hydrogens is 522 g/mol. The van der Waals surface area contributed by atoms with Crippen LogP contribution in [0.4, 0.5) is 5.69 Å². The second-order valence-corrected chi connectivity index (χ2v) is 12.4. The minimum Gasteiger partial charge on any atom is -0.396 e. The highest BCUT2D eigenvalue weighted by atomic mass is 35.5. The first-order valence-electron chi connectivity index (χ1n) is 16.3. The standard InChI is InChI=1S/C36H52ClNO.C2H6/c1-7-11-31-21-34(37)19-20-35(31)33(12-8-2)24-38(36-22-30(27(5)9-3)16-15-28(36)6)23-32-18-17-29(32)14-10-13-26(4)25-39;1-2/h8,15-16,19-22,26,29,32-33,39H,2,5,7,9-14,17-18,23-25H2,1,3-4,6H3;1-2H3. The Morgan fingerprint density at radius 2 is 1.85 bits per heavy atom. The van der Waals surface area contributed by atoms with Gasteiger partial charge in [-0.2, -0.15) is 0 Å². The number of hydrogen-bond acceptors (Lipinski definition) is 2. The number of rotatable bonds is 17. The summed E-state index contributed by atoms with van der Waals surface area (Å²) in [6, 6.07) is 13.4. The van der Waals surface area contributed by atoms with Crippen molar-refractivity contribution in [2.75, 3.05) is 24.6 Å². The molecule has 228 valence electrons. The Bertz CT molecular complexity index is 1080. The highest BCUT2D eigenvalue weighted by Crippen LogP contribution is 2.41. The van der Waals surface area contributed by atoms with Crippen molar-refractivity contribution in [1.29, 1.82) is 0 Å². The van der Waals surface area contributed by atoms with Gasteiger partial charge >= 0.3 is 0 Å². The van der Waals surface area contributed by atoms with Crippen LogP contribution in [0.2, 0.25) is 5.02 Å². The number of allylic oxidation sites excluding steroid dienone is 2. The summed E-state index contributed by atoms with van der Waals surface area (Å²) in [5.41, 5.74) is 7.92. The summed E-state index contributed by atoms with van der Waals surface area (Å²) in [6.45, 7) is 23.7. The van der Waals surface area contributed by atoms with E-state index in [1.165, 1.54) is 59.2 Å². The number of aliphatic hydroxyl groups is 1. The Hall–Kier alpha value is -2.03. The van der Waals surface area contributed by atoms with Gasteiger partial charge in [0.1, 0.15) is 0 Å². The minimum absolute atomic E-state index is 0.302. The Morgan fingerprint density at radius 3 is 2.46 bits per heavy atom. The lowest BCUT2D eigenvalue weighted by atomic mass is 9.70. The molecule has 0 amide bonds. The summed E-state index contributed by atoms with van der Waals surface area (Å²) in [5.74, 6) is 2.28. The fourth-order valence-corrected chi connectivity index (χ4v) is 6.43. The first-order valence-corrected chi connectivity index (χ1v) is 16.7. The number of hydrogen-bond donors (Lipinski definition) is 1. The third kappa shape index (κ3) is 10.3. The molecule has 0 heterocycles. The van der Waals surface area contributed by atoms with Gasteiger partial charge in [-0.15, -0.1) is 6.58 Å². The van der Waals surface area contributed by atoms with Gasteiger partial charge in [0.2, 0.25) is 0 Å². The summed E-state index contributed by atoms with van der Waals surface area (Å²) < 4.78 is 0. The number of anilines is 1. The van der Waals surface area contributed by atoms with Crippen molar-refractivity contribution >= 4 is 22.9 Å². The van der Waals surface area contributed by atoms with Gasteiger partial charge in [-0.3, -0.25) is 0 Å². The molecule has 3 rings (SSSR count). The van der Waals surface area contributed by atoms with E-state index in [-0.39, 0.29) is 0 Å². The summed E-state index contributed by atoms with van der Waals surface area (Å²) in [6.07, 6.45) is 12.4. The number of aliphatic hydroxyl groups excluding tert-OH is 1. The van der Waals surface area contributed by atoms with E-state index in [4.69, 9.17) is 11.6 Å². The molecule has 4 unspecified atom stereocenters. The lowest BCUT2D eigenvalue weighted by Crippen LogP contribution is -2.40. The highest BCUT2D eigenvalue weighted by Gasteiger charge is 2.33. The van der Waals surface area contributed by atoms with Crippen LogP contribution in [0.15, 0.2) is 55.6 Å². The quantitative estimate of drug-likeness (QED) is 0.188. The van der Waals surface area contributed by atoms with Crippen LogP contribution in [0.1, 0.15) is 114 Å². The van der Waals surface area contributed by atoms with E-state index in [9.17, 15) is 5.11 Å². The third-order valence-corrected chi connectivity index (χ3v) is 9.19. The molecule has 2 aromatic carbocycles. The van der Waals surface area contributed by atoms with Crippen molar-refractivity contribution in [2.24, 2.45) is 17.8 Å². The molecule has 1 aliphatic carbocycles. The maximum Gasteiger partial charge on any atom is 0.0456 e. The van der Waals surface area contributed by atoms with Gasteiger partial charge in [0.25, 0.3) is 0 Å². The van der Waals surface area contributed by atoms with Gasteiger partial charge in [-0.1, -0.05) is 96.3 Å². The van der Waals surface area contributed by atoms with E-state index in [0.29, 0.717) is 18.4 Å². The number of benzene rings is 2. The Kier molecular flexibility index (Phi) is 15.9. The Morgan fingerprint density at radius 1 is 1.12 bits per heavy atom. The van der Waals surface area contributed by atoms with Crippen LogP contribution in [0, 0.1) is 24.7 Å². The second-order valence-electron chi connectivity index (χ2n) is 12.0. The molecule has 2 aromatic rings. The summed E-state index contributed by atoms with van der Waals surface area (Å²) in [5, 5.41) is 10.3. The van der Waals surface area contributed by atoms with Gasteiger partial charge in [0.05, 0.1) is 0 Å². The van der Waals surface area contributed by atoms with Crippen molar-refractivity contribution in [2.45, 2.75) is 105 Å². The number of aryl methyl sites for hydroxylation is 2. The Balaban J connectivity index is 0.00000287. The van der Waals surface area contributed by atoms with Crippen molar-refractivity contribution < 1.29 is 5.11 Å². The summed E-state index contributed by atoms with van der Waals surface area (Å²) in [7, 11) is 0. The first kappa shape index (κ1) is 35.2. The zero-order valence-corrected chi connectivity index (χ0v) is 27.8. The summed E-state index contributed by atoms with van der Waals surface area (Å²) >= 11 is 6.45.